The molecule has 0 aliphatic carbocycles. The van der Waals surface area contributed by atoms with Gasteiger partial charge in [-0.1, -0.05) is 73.2 Å². The van der Waals surface area contributed by atoms with Crippen molar-refractivity contribution in [3.05, 3.63) is 84.4 Å². The highest BCUT2D eigenvalue weighted by atomic mass is 16.3. The smallest absolute Gasteiger partial charge is 0.101 e. The molecule has 0 radical (unpaired) electrons. The zero-order chi connectivity index (χ0) is 17.5. The van der Waals surface area contributed by atoms with Crippen molar-refractivity contribution in [2.24, 2.45) is 0 Å². The molecule has 0 amide bonds. The van der Waals surface area contributed by atoms with E-state index in [-0.39, 0.29) is 5.92 Å². The van der Waals surface area contributed by atoms with Gasteiger partial charge in [0.25, 0.3) is 0 Å². The molecule has 1 aliphatic rings. The van der Waals surface area contributed by atoms with Crippen LogP contribution in [0.4, 0.5) is 0 Å². The number of likely N-dealkylation sites (tertiary alicyclic amines) is 1. The number of hydrogen-bond donors (Lipinski definition) is 1. The summed E-state index contributed by atoms with van der Waals surface area (Å²) in [4.78, 5) is 2.51. The molecule has 1 N–H and O–H groups in total. The van der Waals surface area contributed by atoms with Crippen molar-refractivity contribution in [2.75, 3.05) is 19.6 Å². The Balaban J connectivity index is 1.99. The maximum atomic E-state index is 11.8. The van der Waals surface area contributed by atoms with Crippen LogP contribution in [-0.2, 0) is 5.60 Å². The Morgan fingerprint density at radius 3 is 2.16 bits per heavy atom. The van der Waals surface area contributed by atoms with Crippen molar-refractivity contribution in [1.29, 1.82) is 0 Å². The molecule has 2 unspecified atom stereocenters. The first kappa shape index (κ1) is 17.9. The predicted molar refractivity (Wildman–Crippen MR) is 105 cm³/mol. The van der Waals surface area contributed by atoms with Gasteiger partial charge in [-0.05, 0) is 43.5 Å². The molecule has 0 spiro atoms. The molecule has 0 saturated carbocycles. The van der Waals surface area contributed by atoms with Gasteiger partial charge in [0, 0.05) is 12.5 Å². The number of benzene rings is 2. The molecule has 3 rings (SSSR count). The minimum absolute atomic E-state index is 0.0206. The van der Waals surface area contributed by atoms with Crippen LogP contribution in [0.25, 0.3) is 0 Å². The zero-order valence-electron chi connectivity index (χ0n) is 15.0. The minimum Gasteiger partial charge on any atom is -0.384 e. The summed E-state index contributed by atoms with van der Waals surface area (Å²) < 4.78 is 0. The Labute approximate surface area is 151 Å². The Morgan fingerprint density at radius 1 is 0.960 bits per heavy atom. The number of nitrogens with zero attached hydrogens (tertiary/aromatic N) is 1. The summed E-state index contributed by atoms with van der Waals surface area (Å²) in [5, 5.41) is 11.8. The van der Waals surface area contributed by atoms with Crippen molar-refractivity contribution in [3.63, 3.8) is 0 Å². The van der Waals surface area contributed by atoms with Gasteiger partial charge in [-0.3, -0.25) is 0 Å². The summed E-state index contributed by atoms with van der Waals surface area (Å²) in [6.07, 6.45) is 6.23. The third-order valence-corrected chi connectivity index (χ3v) is 5.40. The highest BCUT2D eigenvalue weighted by Crippen LogP contribution is 2.41. The first-order chi connectivity index (χ1) is 12.2. The molecular weight excluding hydrogens is 306 g/mol. The van der Waals surface area contributed by atoms with Crippen LogP contribution in [0.15, 0.2) is 73.3 Å². The molecule has 0 bridgehead atoms. The average molecular weight is 335 g/mol. The van der Waals surface area contributed by atoms with Crippen LogP contribution >= 0.6 is 0 Å². The molecule has 1 heterocycles. The molecule has 132 valence electrons. The molecule has 0 aromatic heterocycles. The molecular formula is C23H29NO. The average Bonchev–Trinajstić information content (AvgIpc) is 2.68. The first-order valence-electron chi connectivity index (χ1n) is 9.40. The van der Waals surface area contributed by atoms with Crippen LogP contribution in [0.1, 0.15) is 42.7 Å². The quantitative estimate of drug-likeness (QED) is 0.740. The zero-order valence-corrected chi connectivity index (χ0v) is 15.0. The molecule has 1 fully saturated rings. The van der Waals surface area contributed by atoms with E-state index in [0.717, 1.165) is 25.2 Å². The summed E-state index contributed by atoms with van der Waals surface area (Å²) in [6.45, 7) is 7.05. The highest BCUT2D eigenvalue weighted by Gasteiger charge is 2.39. The highest BCUT2D eigenvalue weighted by molar-refractivity contribution is 5.32. The Hall–Kier alpha value is -1.90. The lowest BCUT2D eigenvalue weighted by Crippen LogP contribution is -2.42. The molecule has 25 heavy (non-hydrogen) atoms. The maximum Gasteiger partial charge on any atom is 0.101 e. The van der Waals surface area contributed by atoms with Crippen LogP contribution in [0, 0.1) is 0 Å². The summed E-state index contributed by atoms with van der Waals surface area (Å²) in [5.41, 5.74) is 1.23. The predicted octanol–water partition coefficient (Wildman–Crippen LogP) is 4.72. The molecule has 2 aromatic rings. The van der Waals surface area contributed by atoms with Gasteiger partial charge in [-0.15, -0.1) is 6.58 Å². The molecule has 2 atom stereocenters. The van der Waals surface area contributed by atoms with Gasteiger partial charge < -0.3 is 10.0 Å². The van der Waals surface area contributed by atoms with Crippen molar-refractivity contribution >= 4 is 0 Å². The normalized spacial score (nSPS) is 19.1. The molecule has 2 heteroatoms. The maximum absolute atomic E-state index is 11.8. The standard InChI is InChI=1S/C23H29NO/c1-2-16-23(25,21-14-8-4-9-15-21)22(20-12-6-3-7-13-20)19-24-17-10-5-11-18-24/h2-4,6-9,12-15,22,25H,1,5,10-11,16-19H2. The van der Waals surface area contributed by atoms with Crippen molar-refractivity contribution in [3.8, 4) is 0 Å². The number of rotatable bonds is 7. The fourth-order valence-corrected chi connectivity index (χ4v) is 4.03. The van der Waals surface area contributed by atoms with E-state index in [9.17, 15) is 5.11 Å². The van der Waals surface area contributed by atoms with Gasteiger partial charge in [0.1, 0.15) is 5.60 Å². The summed E-state index contributed by atoms with van der Waals surface area (Å²) >= 11 is 0. The topological polar surface area (TPSA) is 23.5 Å². The summed E-state index contributed by atoms with van der Waals surface area (Å²) in [7, 11) is 0. The Kier molecular flexibility index (Phi) is 6.06. The van der Waals surface area contributed by atoms with Gasteiger partial charge in [0.05, 0.1) is 0 Å². The SMILES string of the molecule is C=CCC(O)(c1ccccc1)C(CN1CCCCC1)c1ccccc1. The lowest BCUT2D eigenvalue weighted by atomic mass is 9.74. The van der Waals surface area contributed by atoms with E-state index in [1.165, 1.54) is 24.8 Å². The fraction of sp³-hybridized carbons (Fsp3) is 0.391. The van der Waals surface area contributed by atoms with E-state index < -0.39 is 5.60 Å². The van der Waals surface area contributed by atoms with Crippen molar-refractivity contribution < 1.29 is 5.11 Å². The van der Waals surface area contributed by atoms with Crippen molar-refractivity contribution in [1.82, 2.24) is 4.90 Å². The molecule has 2 nitrogen and oxygen atoms in total. The second kappa shape index (κ2) is 8.46. The van der Waals surface area contributed by atoms with Crippen LogP contribution in [-0.4, -0.2) is 29.6 Å². The summed E-state index contributed by atoms with van der Waals surface area (Å²) in [5.74, 6) is 0.0206. The Bertz CT molecular complexity index is 648. The fourth-order valence-electron chi connectivity index (χ4n) is 4.03. The van der Waals surface area contributed by atoms with Crippen LogP contribution in [0.5, 0.6) is 0 Å². The third kappa shape index (κ3) is 4.20. The van der Waals surface area contributed by atoms with Gasteiger partial charge >= 0.3 is 0 Å². The third-order valence-electron chi connectivity index (χ3n) is 5.40. The van der Waals surface area contributed by atoms with E-state index >= 15 is 0 Å². The monoisotopic (exact) mass is 335 g/mol. The minimum atomic E-state index is -0.943. The van der Waals surface area contributed by atoms with Gasteiger partial charge in [0.15, 0.2) is 0 Å². The number of aliphatic hydroxyl groups is 1. The molecule has 1 saturated heterocycles. The van der Waals surface area contributed by atoms with Gasteiger partial charge in [0.2, 0.25) is 0 Å². The first-order valence-corrected chi connectivity index (χ1v) is 9.40. The van der Waals surface area contributed by atoms with E-state index in [0.29, 0.717) is 6.42 Å². The number of hydrogen-bond acceptors (Lipinski definition) is 2. The largest absolute Gasteiger partial charge is 0.384 e. The van der Waals surface area contributed by atoms with Crippen LogP contribution < -0.4 is 0 Å². The van der Waals surface area contributed by atoms with Crippen molar-refractivity contribution in [2.45, 2.75) is 37.2 Å². The van der Waals surface area contributed by atoms with E-state index in [1.807, 2.05) is 42.5 Å². The summed E-state index contributed by atoms with van der Waals surface area (Å²) in [6, 6.07) is 20.5. The van der Waals surface area contributed by atoms with Crippen LogP contribution in [0.2, 0.25) is 0 Å². The van der Waals surface area contributed by atoms with E-state index in [4.69, 9.17) is 0 Å². The molecule has 1 aliphatic heterocycles. The van der Waals surface area contributed by atoms with Crippen LogP contribution in [0.3, 0.4) is 0 Å². The lowest BCUT2D eigenvalue weighted by molar-refractivity contribution is -0.00427. The van der Waals surface area contributed by atoms with Gasteiger partial charge in [-0.25, -0.2) is 0 Å². The number of piperidine rings is 1. The second-order valence-corrected chi connectivity index (χ2v) is 7.11. The van der Waals surface area contributed by atoms with Gasteiger partial charge in [-0.2, -0.15) is 0 Å². The lowest BCUT2D eigenvalue weighted by Gasteiger charge is -2.40. The molecule has 2 aromatic carbocycles. The van der Waals surface area contributed by atoms with E-state index in [1.54, 1.807) is 0 Å². The Morgan fingerprint density at radius 2 is 1.56 bits per heavy atom. The van der Waals surface area contributed by atoms with E-state index in [2.05, 4.69) is 35.7 Å². The second-order valence-electron chi connectivity index (χ2n) is 7.11.